The first-order valence-corrected chi connectivity index (χ1v) is 5.48. The lowest BCUT2D eigenvalue weighted by Crippen LogP contribution is -2.00. The van der Waals surface area contributed by atoms with Gasteiger partial charge in [-0.2, -0.15) is 0 Å². The van der Waals surface area contributed by atoms with Gasteiger partial charge in [-0.15, -0.1) is 0 Å². The van der Waals surface area contributed by atoms with E-state index in [-0.39, 0.29) is 5.92 Å². The van der Waals surface area contributed by atoms with Crippen molar-refractivity contribution in [2.45, 2.75) is 13.3 Å². The highest BCUT2D eigenvalue weighted by Crippen LogP contribution is 2.20. The Hall–Kier alpha value is -0.0900. The van der Waals surface area contributed by atoms with Crippen LogP contribution in [0.3, 0.4) is 0 Å². The van der Waals surface area contributed by atoms with E-state index < -0.39 is 0 Å². The van der Waals surface area contributed by atoms with E-state index in [0.717, 1.165) is 26.9 Å². The third-order valence-electron chi connectivity index (χ3n) is 1.77. The number of benzene rings is 1. The van der Waals surface area contributed by atoms with Crippen molar-refractivity contribution in [3.63, 3.8) is 0 Å². The molecule has 13 heavy (non-hydrogen) atoms. The highest BCUT2D eigenvalue weighted by molar-refractivity contribution is 14.1. The summed E-state index contributed by atoms with van der Waals surface area (Å²) < 4.78 is 1.04. The molecule has 1 aromatic carbocycles. The number of rotatable bonds is 3. The first-order chi connectivity index (χ1) is 6.13. The van der Waals surface area contributed by atoms with Gasteiger partial charge in [-0.05, 0) is 46.7 Å². The zero-order chi connectivity index (χ0) is 9.84. The molecule has 0 aliphatic carbocycles. The summed E-state index contributed by atoms with van der Waals surface area (Å²) in [5.74, 6) is 0.0659. The smallest absolute Gasteiger partial charge is 0.123 e. The van der Waals surface area contributed by atoms with Crippen molar-refractivity contribution in [3.05, 3.63) is 32.4 Å². The molecule has 1 aromatic rings. The SMILES string of the molecule is CC(C=O)Cc1ccc(I)c(Cl)c1. The van der Waals surface area contributed by atoms with Crippen LogP contribution in [-0.4, -0.2) is 6.29 Å². The van der Waals surface area contributed by atoms with Crippen molar-refractivity contribution in [1.82, 2.24) is 0 Å². The Morgan fingerprint density at radius 3 is 2.85 bits per heavy atom. The van der Waals surface area contributed by atoms with Crippen LogP contribution in [0.4, 0.5) is 0 Å². The maximum atomic E-state index is 10.4. The molecule has 0 radical (unpaired) electrons. The molecule has 0 aliphatic rings. The molecular formula is C10H10ClIO. The van der Waals surface area contributed by atoms with Gasteiger partial charge in [0.05, 0.1) is 5.02 Å². The van der Waals surface area contributed by atoms with Gasteiger partial charge in [0.25, 0.3) is 0 Å². The number of hydrogen-bond acceptors (Lipinski definition) is 1. The van der Waals surface area contributed by atoms with E-state index in [0.29, 0.717) is 0 Å². The minimum Gasteiger partial charge on any atom is -0.303 e. The Kier molecular flexibility index (Phi) is 4.19. The Morgan fingerprint density at radius 1 is 1.62 bits per heavy atom. The average Bonchev–Trinajstić information content (AvgIpc) is 2.11. The second-order valence-electron chi connectivity index (χ2n) is 3.07. The van der Waals surface area contributed by atoms with E-state index >= 15 is 0 Å². The van der Waals surface area contributed by atoms with Crippen molar-refractivity contribution >= 4 is 40.5 Å². The van der Waals surface area contributed by atoms with Gasteiger partial charge in [-0.1, -0.05) is 24.6 Å². The average molecular weight is 309 g/mol. The molecule has 0 fully saturated rings. The Balaban J connectivity index is 2.79. The van der Waals surface area contributed by atoms with Gasteiger partial charge >= 0.3 is 0 Å². The van der Waals surface area contributed by atoms with Gasteiger partial charge in [0.1, 0.15) is 6.29 Å². The van der Waals surface area contributed by atoms with Crippen LogP contribution in [0.1, 0.15) is 12.5 Å². The lowest BCUT2D eigenvalue weighted by molar-refractivity contribution is -0.110. The monoisotopic (exact) mass is 308 g/mol. The normalized spacial score (nSPS) is 12.5. The maximum absolute atomic E-state index is 10.4. The standard InChI is InChI=1S/C10H10ClIO/c1-7(6-13)4-8-2-3-10(12)9(11)5-8/h2-3,5-7H,4H2,1H3. The van der Waals surface area contributed by atoms with Crippen LogP contribution in [-0.2, 0) is 11.2 Å². The minimum absolute atomic E-state index is 0.0659. The molecule has 0 amide bonds. The lowest BCUT2D eigenvalue weighted by atomic mass is 10.0. The number of halogens is 2. The second kappa shape index (κ2) is 4.96. The van der Waals surface area contributed by atoms with Gasteiger partial charge in [0.2, 0.25) is 0 Å². The number of carbonyl (C=O) groups excluding carboxylic acids is 1. The third-order valence-corrected chi connectivity index (χ3v) is 3.35. The predicted octanol–water partition coefficient (Wildman–Crippen LogP) is 3.32. The summed E-state index contributed by atoms with van der Waals surface area (Å²) in [7, 11) is 0. The largest absolute Gasteiger partial charge is 0.303 e. The molecule has 0 bridgehead atoms. The Labute approximate surface area is 96.6 Å². The van der Waals surface area contributed by atoms with Gasteiger partial charge < -0.3 is 4.79 Å². The highest BCUT2D eigenvalue weighted by atomic mass is 127. The third kappa shape index (κ3) is 3.27. The van der Waals surface area contributed by atoms with E-state index in [9.17, 15) is 4.79 Å². The molecule has 1 nitrogen and oxygen atoms in total. The summed E-state index contributed by atoms with van der Waals surface area (Å²) in [6, 6.07) is 5.90. The van der Waals surface area contributed by atoms with Gasteiger partial charge in [0.15, 0.2) is 0 Å². The maximum Gasteiger partial charge on any atom is 0.123 e. The van der Waals surface area contributed by atoms with Crippen molar-refractivity contribution in [2.75, 3.05) is 0 Å². The van der Waals surface area contributed by atoms with Crippen LogP contribution >= 0.6 is 34.2 Å². The van der Waals surface area contributed by atoms with Crippen molar-refractivity contribution in [2.24, 2.45) is 5.92 Å². The first-order valence-electron chi connectivity index (χ1n) is 4.02. The summed E-state index contributed by atoms with van der Waals surface area (Å²) >= 11 is 8.13. The lowest BCUT2D eigenvalue weighted by Gasteiger charge is -2.04. The molecule has 1 atom stereocenters. The quantitative estimate of drug-likeness (QED) is 0.618. The molecule has 70 valence electrons. The minimum atomic E-state index is 0.0659. The molecule has 3 heteroatoms. The summed E-state index contributed by atoms with van der Waals surface area (Å²) in [4.78, 5) is 10.4. The molecule has 1 rings (SSSR count). The van der Waals surface area contributed by atoms with Gasteiger partial charge in [-0.25, -0.2) is 0 Å². The fraction of sp³-hybridized carbons (Fsp3) is 0.300. The van der Waals surface area contributed by atoms with Crippen molar-refractivity contribution in [1.29, 1.82) is 0 Å². The molecule has 1 unspecified atom stereocenters. The van der Waals surface area contributed by atoms with E-state index in [1.54, 1.807) is 0 Å². The predicted molar refractivity (Wildman–Crippen MR) is 63.1 cm³/mol. The van der Waals surface area contributed by atoms with Crippen LogP contribution in [0.2, 0.25) is 5.02 Å². The van der Waals surface area contributed by atoms with E-state index in [1.807, 2.05) is 25.1 Å². The Bertz CT molecular complexity index is 312. The van der Waals surface area contributed by atoms with Crippen molar-refractivity contribution < 1.29 is 4.79 Å². The molecule has 0 aromatic heterocycles. The fourth-order valence-electron chi connectivity index (χ4n) is 1.09. The molecule has 0 heterocycles. The molecular weight excluding hydrogens is 298 g/mol. The zero-order valence-corrected chi connectivity index (χ0v) is 10.2. The van der Waals surface area contributed by atoms with E-state index in [1.165, 1.54) is 0 Å². The van der Waals surface area contributed by atoms with Crippen molar-refractivity contribution in [3.8, 4) is 0 Å². The topological polar surface area (TPSA) is 17.1 Å². The summed E-state index contributed by atoms with van der Waals surface area (Å²) in [5.41, 5.74) is 1.12. The van der Waals surface area contributed by atoms with Crippen LogP contribution < -0.4 is 0 Å². The van der Waals surface area contributed by atoms with E-state index in [4.69, 9.17) is 11.6 Å². The molecule has 0 N–H and O–H groups in total. The second-order valence-corrected chi connectivity index (χ2v) is 4.64. The van der Waals surface area contributed by atoms with Crippen LogP contribution in [0.15, 0.2) is 18.2 Å². The first kappa shape index (κ1) is 11.0. The number of hydrogen-bond donors (Lipinski definition) is 0. The van der Waals surface area contributed by atoms with Gasteiger partial charge in [0, 0.05) is 9.49 Å². The highest BCUT2D eigenvalue weighted by Gasteiger charge is 2.03. The van der Waals surface area contributed by atoms with Crippen LogP contribution in [0.25, 0.3) is 0 Å². The molecule has 0 saturated carbocycles. The summed E-state index contributed by atoms with van der Waals surface area (Å²) in [5, 5.41) is 0.760. The van der Waals surface area contributed by atoms with Crippen LogP contribution in [0, 0.1) is 9.49 Å². The Morgan fingerprint density at radius 2 is 2.31 bits per heavy atom. The van der Waals surface area contributed by atoms with Crippen LogP contribution in [0.5, 0.6) is 0 Å². The molecule has 0 spiro atoms. The molecule has 0 saturated heterocycles. The zero-order valence-electron chi connectivity index (χ0n) is 7.26. The number of carbonyl (C=O) groups is 1. The van der Waals surface area contributed by atoms with E-state index in [2.05, 4.69) is 22.6 Å². The molecule has 0 aliphatic heterocycles. The number of aldehydes is 1. The fourth-order valence-corrected chi connectivity index (χ4v) is 1.63. The van der Waals surface area contributed by atoms with Gasteiger partial charge in [-0.3, -0.25) is 0 Å². The summed E-state index contributed by atoms with van der Waals surface area (Å²) in [6.07, 6.45) is 1.73. The summed E-state index contributed by atoms with van der Waals surface area (Å²) in [6.45, 7) is 1.90.